The quantitative estimate of drug-likeness (QED) is 0.616. The van der Waals surface area contributed by atoms with E-state index in [1.807, 2.05) is 13.8 Å². The second-order valence-corrected chi connectivity index (χ2v) is 5.69. The van der Waals surface area contributed by atoms with E-state index >= 15 is 0 Å². The number of nitrogens with zero attached hydrogens (tertiary/aromatic N) is 1. The lowest BCUT2D eigenvalue weighted by molar-refractivity contribution is 0.0523. The molecule has 126 valence electrons. The van der Waals surface area contributed by atoms with Crippen LogP contribution in [0.2, 0.25) is 5.02 Å². The molecule has 24 heavy (non-hydrogen) atoms. The summed E-state index contributed by atoms with van der Waals surface area (Å²) in [5.74, 6) is -0.672. The number of hydrogen-bond acceptors (Lipinski definition) is 5. The molecule has 0 spiro atoms. The van der Waals surface area contributed by atoms with E-state index in [0.717, 1.165) is 11.1 Å². The SMILES string of the molecule is CCOC(=O)c1ccc(C(=O)Oc2cc(C)c(Cl)c(C)c2)nc1C. The predicted molar refractivity (Wildman–Crippen MR) is 90.8 cm³/mol. The standard InChI is InChI=1S/C18H18ClNO4/c1-5-23-17(21)14-6-7-15(20-12(14)4)18(22)24-13-8-10(2)16(19)11(3)9-13/h6-9H,5H2,1-4H3. The van der Waals surface area contributed by atoms with Gasteiger partial charge in [-0.3, -0.25) is 0 Å². The molecule has 2 aromatic rings. The van der Waals surface area contributed by atoms with Crippen molar-refractivity contribution in [2.45, 2.75) is 27.7 Å². The number of carbonyl (C=O) groups is 2. The lowest BCUT2D eigenvalue weighted by Gasteiger charge is -2.09. The zero-order valence-corrected chi connectivity index (χ0v) is 14.7. The maximum absolute atomic E-state index is 12.2. The van der Waals surface area contributed by atoms with Gasteiger partial charge in [-0.05, 0) is 63.1 Å². The van der Waals surface area contributed by atoms with E-state index in [2.05, 4.69) is 4.98 Å². The molecule has 0 unspecified atom stereocenters. The largest absolute Gasteiger partial charge is 0.462 e. The van der Waals surface area contributed by atoms with Gasteiger partial charge in [0.25, 0.3) is 0 Å². The van der Waals surface area contributed by atoms with Crippen LogP contribution in [-0.4, -0.2) is 23.5 Å². The zero-order chi connectivity index (χ0) is 17.9. The minimum atomic E-state index is -0.602. The Bertz CT molecular complexity index is 779. The van der Waals surface area contributed by atoms with Crippen LogP contribution in [0.4, 0.5) is 0 Å². The number of benzene rings is 1. The van der Waals surface area contributed by atoms with Crippen LogP contribution in [0.3, 0.4) is 0 Å². The number of pyridine rings is 1. The van der Waals surface area contributed by atoms with Crippen molar-refractivity contribution in [3.05, 3.63) is 57.4 Å². The van der Waals surface area contributed by atoms with Crippen molar-refractivity contribution >= 4 is 23.5 Å². The van der Waals surface area contributed by atoms with Crippen molar-refractivity contribution in [2.75, 3.05) is 6.61 Å². The van der Waals surface area contributed by atoms with Crippen LogP contribution in [0.25, 0.3) is 0 Å². The highest BCUT2D eigenvalue weighted by Gasteiger charge is 2.16. The first-order valence-corrected chi connectivity index (χ1v) is 7.85. The van der Waals surface area contributed by atoms with Crippen LogP contribution in [0, 0.1) is 20.8 Å². The summed E-state index contributed by atoms with van der Waals surface area (Å²) in [5.41, 5.74) is 2.49. The Balaban J connectivity index is 2.21. The average molecular weight is 348 g/mol. The highest BCUT2D eigenvalue weighted by molar-refractivity contribution is 6.32. The summed E-state index contributed by atoms with van der Waals surface area (Å²) in [6.45, 7) is 7.31. The van der Waals surface area contributed by atoms with Gasteiger partial charge in [-0.2, -0.15) is 0 Å². The van der Waals surface area contributed by atoms with E-state index in [1.165, 1.54) is 12.1 Å². The van der Waals surface area contributed by atoms with Gasteiger partial charge in [0.1, 0.15) is 11.4 Å². The fourth-order valence-corrected chi connectivity index (χ4v) is 2.33. The normalized spacial score (nSPS) is 10.4. The number of carbonyl (C=O) groups excluding carboxylic acids is 2. The number of esters is 2. The lowest BCUT2D eigenvalue weighted by Crippen LogP contribution is -2.14. The smallest absolute Gasteiger partial charge is 0.362 e. The zero-order valence-electron chi connectivity index (χ0n) is 14.0. The Labute approximate surface area is 145 Å². The van der Waals surface area contributed by atoms with Crippen molar-refractivity contribution in [1.82, 2.24) is 4.98 Å². The van der Waals surface area contributed by atoms with Gasteiger partial charge in [-0.1, -0.05) is 11.6 Å². The first-order chi connectivity index (χ1) is 11.3. The summed E-state index contributed by atoms with van der Waals surface area (Å²) in [7, 11) is 0. The van der Waals surface area contributed by atoms with Crippen LogP contribution < -0.4 is 4.74 Å². The summed E-state index contributed by atoms with van der Waals surface area (Å²) in [4.78, 5) is 28.1. The van der Waals surface area contributed by atoms with Crippen LogP contribution in [0.15, 0.2) is 24.3 Å². The van der Waals surface area contributed by atoms with E-state index in [4.69, 9.17) is 21.1 Å². The molecule has 1 heterocycles. The molecule has 0 bridgehead atoms. The molecular formula is C18H18ClNO4. The topological polar surface area (TPSA) is 65.5 Å². The molecule has 2 rings (SSSR count). The van der Waals surface area contributed by atoms with Crippen LogP contribution in [-0.2, 0) is 4.74 Å². The molecule has 1 aromatic heterocycles. The number of hydrogen-bond donors (Lipinski definition) is 0. The second-order valence-electron chi connectivity index (χ2n) is 5.31. The van der Waals surface area contributed by atoms with Crippen molar-refractivity contribution < 1.29 is 19.1 Å². The van der Waals surface area contributed by atoms with Crippen molar-refractivity contribution in [3.8, 4) is 5.75 Å². The number of rotatable bonds is 4. The molecule has 0 saturated carbocycles. The molecule has 0 amide bonds. The van der Waals surface area contributed by atoms with Crippen LogP contribution in [0.1, 0.15) is 44.6 Å². The first-order valence-electron chi connectivity index (χ1n) is 7.47. The van der Waals surface area contributed by atoms with Gasteiger partial charge in [0, 0.05) is 5.02 Å². The first kappa shape index (κ1) is 17.9. The molecule has 6 heteroatoms. The third kappa shape index (κ3) is 3.92. The van der Waals surface area contributed by atoms with Gasteiger partial charge in [-0.25, -0.2) is 14.6 Å². The monoisotopic (exact) mass is 347 g/mol. The Morgan fingerprint density at radius 2 is 1.71 bits per heavy atom. The van der Waals surface area contributed by atoms with Gasteiger partial charge >= 0.3 is 11.9 Å². The number of ether oxygens (including phenoxy) is 2. The second kappa shape index (κ2) is 7.45. The lowest BCUT2D eigenvalue weighted by atomic mass is 10.1. The van der Waals surface area contributed by atoms with Gasteiger partial charge < -0.3 is 9.47 Å². The predicted octanol–water partition coefficient (Wildman–Crippen LogP) is 4.06. The van der Waals surface area contributed by atoms with E-state index in [1.54, 1.807) is 26.0 Å². The van der Waals surface area contributed by atoms with Crippen molar-refractivity contribution in [2.24, 2.45) is 0 Å². The maximum Gasteiger partial charge on any atom is 0.362 e. The van der Waals surface area contributed by atoms with E-state index in [-0.39, 0.29) is 12.3 Å². The average Bonchev–Trinajstić information content (AvgIpc) is 2.52. The maximum atomic E-state index is 12.2. The van der Waals surface area contributed by atoms with E-state index in [0.29, 0.717) is 22.0 Å². The molecule has 0 atom stereocenters. The minimum absolute atomic E-state index is 0.116. The Morgan fingerprint density at radius 1 is 1.08 bits per heavy atom. The van der Waals surface area contributed by atoms with Crippen molar-refractivity contribution in [3.63, 3.8) is 0 Å². The summed E-state index contributed by atoms with van der Waals surface area (Å²) < 4.78 is 10.3. The highest BCUT2D eigenvalue weighted by Crippen LogP contribution is 2.26. The Morgan fingerprint density at radius 3 is 2.25 bits per heavy atom. The summed E-state index contributed by atoms with van der Waals surface area (Å²) in [6, 6.07) is 6.33. The molecule has 0 aliphatic heterocycles. The summed E-state index contributed by atoms with van der Waals surface area (Å²) in [5, 5.41) is 0.641. The molecule has 5 nitrogen and oxygen atoms in total. The van der Waals surface area contributed by atoms with Crippen LogP contribution in [0.5, 0.6) is 5.75 Å². The molecule has 0 aliphatic carbocycles. The number of halogens is 1. The summed E-state index contributed by atoms with van der Waals surface area (Å²) >= 11 is 6.10. The fourth-order valence-electron chi connectivity index (χ4n) is 2.22. The molecular weight excluding hydrogens is 330 g/mol. The van der Waals surface area contributed by atoms with Gasteiger partial charge in [-0.15, -0.1) is 0 Å². The molecule has 0 radical (unpaired) electrons. The van der Waals surface area contributed by atoms with Crippen LogP contribution >= 0.6 is 11.6 Å². The molecule has 0 saturated heterocycles. The van der Waals surface area contributed by atoms with Gasteiger partial charge in [0.2, 0.25) is 0 Å². The van der Waals surface area contributed by atoms with Gasteiger partial charge in [0.05, 0.1) is 17.9 Å². The fraction of sp³-hybridized carbons (Fsp3) is 0.278. The third-order valence-electron chi connectivity index (χ3n) is 3.41. The molecule has 0 fully saturated rings. The summed E-state index contributed by atoms with van der Waals surface area (Å²) in [6.07, 6.45) is 0. The Hall–Kier alpha value is -2.40. The minimum Gasteiger partial charge on any atom is -0.462 e. The third-order valence-corrected chi connectivity index (χ3v) is 4.01. The molecule has 0 N–H and O–H groups in total. The Kier molecular flexibility index (Phi) is 5.57. The molecule has 0 aliphatic rings. The van der Waals surface area contributed by atoms with E-state index in [9.17, 15) is 9.59 Å². The highest BCUT2D eigenvalue weighted by atomic mass is 35.5. The van der Waals surface area contributed by atoms with Gasteiger partial charge in [0.15, 0.2) is 0 Å². The van der Waals surface area contributed by atoms with Crippen molar-refractivity contribution in [1.29, 1.82) is 0 Å². The number of aromatic nitrogens is 1. The number of aryl methyl sites for hydroxylation is 3. The van der Waals surface area contributed by atoms with E-state index < -0.39 is 11.9 Å². The molecule has 1 aromatic carbocycles.